The standard InChI is InChI=1S/C13H21N3O3/c1-8-7-16(12(19)13(3)4-5-13)9(2)6-15(8)11(18)10(14)17/h8-9H,4-7H2,1-3H3,(H2,14,17)/t8-,9+/m0/s1. The first-order valence-corrected chi connectivity index (χ1v) is 6.68. The van der Waals surface area contributed by atoms with E-state index in [1.54, 1.807) is 0 Å². The van der Waals surface area contributed by atoms with Crippen LogP contribution in [-0.2, 0) is 14.4 Å². The van der Waals surface area contributed by atoms with E-state index in [2.05, 4.69) is 0 Å². The van der Waals surface area contributed by atoms with Crippen molar-refractivity contribution < 1.29 is 14.4 Å². The van der Waals surface area contributed by atoms with Gasteiger partial charge < -0.3 is 15.5 Å². The SMILES string of the molecule is C[C@@H]1CN(C(=O)C(N)=O)[C@@H](C)CN1C(=O)C1(C)CC1. The molecule has 0 aromatic heterocycles. The summed E-state index contributed by atoms with van der Waals surface area (Å²) in [6.07, 6.45) is 1.88. The third kappa shape index (κ3) is 2.43. The number of nitrogens with two attached hydrogens (primary N) is 1. The highest BCUT2D eigenvalue weighted by Gasteiger charge is 2.49. The van der Waals surface area contributed by atoms with Crippen LogP contribution in [0.15, 0.2) is 0 Å². The summed E-state index contributed by atoms with van der Waals surface area (Å²) in [5, 5.41) is 0. The molecule has 2 rings (SSSR count). The number of carbonyl (C=O) groups excluding carboxylic acids is 3. The third-order valence-corrected chi connectivity index (χ3v) is 4.23. The minimum atomic E-state index is -0.937. The summed E-state index contributed by atoms with van der Waals surface area (Å²) in [5.41, 5.74) is 4.83. The monoisotopic (exact) mass is 267 g/mol. The minimum absolute atomic E-state index is 0.0792. The molecule has 1 heterocycles. The first kappa shape index (κ1) is 13.8. The van der Waals surface area contributed by atoms with Gasteiger partial charge in [-0.1, -0.05) is 6.92 Å². The Bertz CT molecular complexity index is 431. The second kappa shape index (κ2) is 4.51. The Morgan fingerprint density at radius 2 is 1.53 bits per heavy atom. The first-order valence-electron chi connectivity index (χ1n) is 6.68. The number of rotatable bonds is 1. The summed E-state index contributed by atoms with van der Waals surface area (Å²) in [4.78, 5) is 38.4. The van der Waals surface area contributed by atoms with Crippen molar-refractivity contribution in [1.82, 2.24) is 9.80 Å². The fourth-order valence-electron chi connectivity index (χ4n) is 2.58. The first-order chi connectivity index (χ1) is 8.76. The molecule has 2 atom stereocenters. The summed E-state index contributed by atoms with van der Waals surface area (Å²) in [6.45, 7) is 6.55. The van der Waals surface area contributed by atoms with E-state index in [1.807, 2.05) is 25.7 Å². The zero-order valence-corrected chi connectivity index (χ0v) is 11.7. The summed E-state index contributed by atoms with van der Waals surface area (Å²) in [5.74, 6) is -1.44. The molecular formula is C13H21N3O3. The number of nitrogens with zero attached hydrogens (tertiary/aromatic N) is 2. The molecule has 1 aliphatic carbocycles. The van der Waals surface area contributed by atoms with Crippen LogP contribution in [-0.4, -0.2) is 52.7 Å². The van der Waals surface area contributed by atoms with Gasteiger partial charge in [0.2, 0.25) is 5.91 Å². The molecule has 1 saturated carbocycles. The van der Waals surface area contributed by atoms with Gasteiger partial charge in [-0.05, 0) is 26.7 Å². The maximum absolute atomic E-state index is 12.4. The average Bonchev–Trinajstić information content (AvgIpc) is 3.09. The molecule has 6 heteroatoms. The zero-order valence-electron chi connectivity index (χ0n) is 11.7. The average molecular weight is 267 g/mol. The summed E-state index contributed by atoms with van der Waals surface area (Å²) in [7, 11) is 0. The van der Waals surface area contributed by atoms with Gasteiger partial charge in [-0.15, -0.1) is 0 Å². The van der Waals surface area contributed by atoms with E-state index in [4.69, 9.17) is 5.73 Å². The Hall–Kier alpha value is -1.59. The van der Waals surface area contributed by atoms with Crippen molar-refractivity contribution in [3.8, 4) is 0 Å². The highest BCUT2D eigenvalue weighted by atomic mass is 16.2. The molecule has 3 amide bonds. The molecule has 2 N–H and O–H groups in total. The van der Waals surface area contributed by atoms with Crippen molar-refractivity contribution >= 4 is 17.7 Å². The zero-order chi connectivity index (χ0) is 14.4. The highest BCUT2D eigenvalue weighted by molar-refractivity contribution is 6.34. The molecule has 0 radical (unpaired) electrons. The number of hydrogen-bond acceptors (Lipinski definition) is 3. The Kier molecular flexibility index (Phi) is 3.28. The lowest BCUT2D eigenvalue weighted by atomic mass is 10.0. The molecule has 1 saturated heterocycles. The molecule has 0 bridgehead atoms. The Morgan fingerprint density at radius 3 is 2.00 bits per heavy atom. The third-order valence-electron chi connectivity index (χ3n) is 4.23. The van der Waals surface area contributed by atoms with E-state index in [1.165, 1.54) is 4.90 Å². The van der Waals surface area contributed by atoms with Crippen molar-refractivity contribution in [2.24, 2.45) is 11.1 Å². The fourth-order valence-corrected chi connectivity index (χ4v) is 2.58. The topological polar surface area (TPSA) is 83.7 Å². The highest BCUT2D eigenvalue weighted by Crippen LogP contribution is 2.47. The van der Waals surface area contributed by atoms with E-state index in [9.17, 15) is 14.4 Å². The maximum Gasteiger partial charge on any atom is 0.312 e. The molecule has 0 spiro atoms. The molecule has 2 aliphatic rings. The van der Waals surface area contributed by atoms with Gasteiger partial charge in [0, 0.05) is 30.6 Å². The van der Waals surface area contributed by atoms with E-state index in [-0.39, 0.29) is 23.4 Å². The molecular weight excluding hydrogens is 246 g/mol. The quantitative estimate of drug-likeness (QED) is 0.663. The normalized spacial score (nSPS) is 29.0. The van der Waals surface area contributed by atoms with E-state index in [0.29, 0.717) is 13.1 Å². The van der Waals surface area contributed by atoms with Crippen LogP contribution >= 0.6 is 0 Å². The van der Waals surface area contributed by atoms with Crippen LogP contribution in [0.5, 0.6) is 0 Å². The Morgan fingerprint density at radius 1 is 1.05 bits per heavy atom. The lowest BCUT2D eigenvalue weighted by Crippen LogP contribution is -2.62. The summed E-state index contributed by atoms with van der Waals surface area (Å²) in [6, 6.07) is -0.257. The molecule has 106 valence electrons. The lowest BCUT2D eigenvalue weighted by Gasteiger charge is -2.44. The van der Waals surface area contributed by atoms with Gasteiger partial charge in [0.15, 0.2) is 0 Å². The molecule has 0 aromatic carbocycles. The summed E-state index contributed by atoms with van der Waals surface area (Å²) >= 11 is 0. The van der Waals surface area contributed by atoms with Crippen LogP contribution in [0.3, 0.4) is 0 Å². The van der Waals surface area contributed by atoms with Gasteiger partial charge in [0.05, 0.1) is 0 Å². The maximum atomic E-state index is 12.4. The van der Waals surface area contributed by atoms with Crippen LogP contribution in [0.2, 0.25) is 0 Å². The van der Waals surface area contributed by atoms with Crippen LogP contribution in [0.25, 0.3) is 0 Å². The number of hydrogen-bond donors (Lipinski definition) is 1. The molecule has 1 aliphatic heterocycles. The molecule has 0 aromatic rings. The van der Waals surface area contributed by atoms with Gasteiger partial charge in [-0.3, -0.25) is 14.4 Å². The smallest absolute Gasteiger partial charge is 0.312 e. The molecule has 19 heavy (non-hydrogen) atoms. The Balaban J connectivity index is 2.08. The van der Waals surface area contributed by atoms with Crippen LogP contribution in [0.1, 0.15) is 33.6 Å². The van der Waals surface area contributed by atoms with Crippen molar-refractivity contribution in [1.29, 1.82) is 0 Å². The number of piperazine rings is 1. The van der Waals surface area contributed by atoms with E-state index in [0.717, 1.165) is 12.8 Å². The molecule has 6 nitrogen and oxygen atoms in total. The largest absolute Gasteiger partial charge is 0.361 e. The second-order valence-electron chi connectivity index (χ2n) is 6.04. The van der Waals surface area contributed by atoms with Crippen molar-refractivity contribution in [2.45, 2.75) is 45.7 Å². The van der Waals surface area contributed by atoms with E-state index < -0.39 is 11.8 Å². The number of amides is 3. The number of primary amides is 1. The van der Waals surface area contributed by atoms with Crippen LogP contribution in [0.4, 0.5) is 0 Å². The minimum Gasteiger partial charge on any atom is -0.361 e. The van der Waals surface area contributed by atoms with Crippen LogP contribution in [0, 0.1) is 5.41 Å². The van der Waals surface area contributed by atoms with Gasteiger partial charge in [-0.2, -0.15) is 0 Å². The predicted octanol–water partition coefficient (Wildman–Crippen LogP) is -0.280. The van der Waals surface area contributed by atoms with Crippen molar-refractivity contribution in [2.75, 3.05) is 13.1 Å². The molecule has 0 unspecified atom stereocenters. The molecule has 2 fully saturated rings. The Labute approximate surface area is 112 Å². The lowest BCUT2D eigenvalue weighted by molar-refractivity contribution is -0.153. The second-order valence-corrected chi connectivity index (χ2v) is 6.04. The van der Waals surface area contributed by atoms with Gasteiger partial charge in [0.25, 0.3) is 0 Å². The summed E-state index contributed by atoms with van der Waals surface area (Å²) < 4.78 is 0. The number of carbonyl (C=O) groups is 3. The van der Waals surface area contributed by atoms with Gasteiger partial charge >= 0.3 is 11.8 Å². The van der Waals surface area contributed by atoms with E-state index >= 15 is 0 Å². The van der Waals surface area contributed by atoms with Gasteiger partial charge in [0.1, 0.15) is 0 Å². The van der Waals surface area contributed by atoms with Crippen molar-refractivity contribution in [3.63, 3.8) is 0 Å². The predicted molar refractivity (Wildman–Crippen MR) is 68.9 cm³/mol. The van der Waals surface area contributed by atoms with Crippen molar-refractivity contribution in [3.05, 3.63) is 0 Å². The van der Waals surface area contributed by atoms with Crippen LogP contribution < -0.4 is 5.73 Å². The fraction of sp³-hybridized carbons (Fsp3) is 0.769. The van der Waals surface area contributed by atoms with Gasteiger partial charge in [-0.25, -0.2) is 0 Å².